The molecule has 82 valence electrons. The summed E-state index contributed by atoms with van der Waals surface area (Å²) in [6.45, 7) is 0.685. The summed E-state index contributed by atoms with van der Waals surface area (Å²) in [6, 6.07) is 0.583. The molecule has 0 radical (unpaired) electrons. The van der Waals surface area contributed by atoms with Crippen molar-refractivity contribution in [3.05, 3.63) is 18.7 Å². The van der Waals surface area contributed by atoms with Crippen LogP contribution in [0.2, 0.25) is 0 Å². The Morgan fingerprint density at radius 2 is 2.40 bits per heavy atom. The van der Waals surface area contributed by atoms with E-state index in [2.05, 4.69) is 10.3 Å². The van der Waals surface area contributed by atoms with Crippen LogP contribution in [0.4, 0.5) is 0 Å². The fourth-order valence-corrected chi connectivity index (χ4v) is 1.73. The number of nitrogens with one attached hydrogen (secondary N) is 1. The van der Waals surface area contributed by atoms with Crippen LogP contribution in [-0.4, -0.2) is 27.5 Å². The van der Waals surface area contributed by atoms with Crippen LogP contribution in [0.3, 0.4) is 0 Å². The minimum atomic E-state index is 0.0978. The Labute approximate surface area is 88.7 Å². The molecule has 1 amide bonds. The van der Waals surface area contributed by atoms with Crippen molar-refractivity contribution in [1.29, 1.82) is 0 Å². The number of carbonyl (C=O) groups excluding carboxylic acids is 1. The first kappa shape index (κ1) is 10.2. The van der Waals surface area contributed by atoms with E-state index in [1.807, 2.05) is 10.8 Å². The summed E-state index contributed by atoms with van der Waals surface area (Å²) < 4.78 is 1.89. The van der Waals surface area contributed by atoms with Crippen molar-refractivity contribution < 1.29 is 4.79 Å². The standard InChI is InChI=1S/C10H16N4O/c11-8-5-9(6-8)13-10(15)1-3-14-4-2-12-7-14/h2,4,7-9H,1,3,5-6,11H2,(H,13,15). The molecular formula is C10H16N4O. The number of carbonyl (C=O) groups is 1. The molecule has 3 N–H and O–H groups in total. The van der Waals surface area contributed by atoms with Crippen LogP contribution in [0, 0.1) is 0 Å². The number of nitrogens with zero attached hydrogens (tertiary/aromatic N) is 2. The number of aromatic nitrogens is 2. The van der Waals surface area contributed by atoms with Crippen LogP contribution < -0.4 is 11.1 Å². The average Bonchev–Trinajstić information content (AvgIpc) is 2.65. The third-order valence-corrected chi connectivity index (χ3v) is 2.70. The molecule has 0 atom stereocenters. The van der Waals surface area contributed by atoms with Gasteiger partial charge in [-0.05, 0) is 12.8 Å². The van der Waals surface area contributed by atoms with Gasteiger partial charge in [-0.25, -0.2) is 4.98 Å². The predicted molar refractivity (Wildman–Crippen MR) is 56.0 cm³/mol. The van der Waals surface area contributed by atoms with Crippen LogP contribution in [-0.2, 0) is 11.3 Å². The molecule has 1 aliphatic carbocycles. The number of hydrogen-bond acceptors (Lipinski definition) is 3. The summed E-state index contributed by atoms with van der Waals surface area (Å²) in [4.78, 5) is 15.4. The molecule has 1 heterocycles. The highest BCUT2D eigenvalue weighted by molar-refractivity contribution is 5.76. The molecule has 1 saturated carbocycles. The van der Waals surface area contributed by atoms with Crippen molar-refractivity contribution in [3.63, 3.8) is 0 Å². The van der Waals surface area contributed by atoms with E-state index in [4.69, 9.17) is 5.73 Å². The highest BCUT2D eigenvalue weighted by atomic mass is 16.1. The summed E-state index contributed by atoms with van der Waals surface area (Å²) in [7, 11) is 0. The molecule has 0 bridgehead atoms. The molecule has 1 fully saturated rings. The summed E-state index contributed by atoms with van der Waals surface area (Å²) in [6.07, 6.45) is 7.61. The number of hydrogen-bond donors (Lipinski definition) is 2. The molecular weight excluding hydrogens is 192 g/mol. The van der Waals surface area contributed by atoms with Crippen molar-refractivity contribution in [2.24, 2.45) is 5.73 Å². The van der Waals surface area contributed by atoms with Gasteiger partial charge in [0.1, 0.15) is 0 Å². The van der Waals surface area contributed by atoms with E-state index in [0.717, 1.165) is 12.8 Å². The molecule has 15 heavy (non-hydrogen) atoms. The Balaban J connectivity index is 1.65. The lowest BCUT2D eigenvalue weighted by Gasteiger charge is -2.32. The van der Waals surface area contributed by atoms with Crippen molar-refractivity contribution in [2.75, 3.05) is 0 Å². The monoisotopic (exact) mass is 208 g/mol. The van der Waals surface area contributed by atoms with Gasteiger partial charge in [-0.3, -0.25) is 4.79 Å². The SMILES string of the molecule is NC1CC(NC(=O)CCn2ccnc2)C1. The van der Waals surface area contributed by atoms with E-state index in [1.165, 1.54) is 0 Å². The minimum Gasteiger partial charge on any atom is -0.353 e. The zero-order valence-electron chi connectivity index (χ0n) is 8.60. The maximum absolute atomic E-state index is 11.5. The predicted octanol–water partition coefficient (Wildman–Crippen LogP) is -0.121. The lowest BCUT2D eigenvalue weighted by molar-refractivity contribution is -0.122. The van der Waals surface area contributed by atoms with E-state index < -0.39 is 0 Å². The van der Waals surface area contributed by atoms with E-state index >= 15 is 0 Å². The van der Waals surface area contributed by atoms with Gasteiger partial charge in [-0.1, -0.05) is 0 Å². The first-order valence-corrected chi connectivity index (χ1v) is 5.25. The smallest absolute Gasteiger partial charge is 0.222 e. The summed E-state index contributed by atoms with van der Waals surface area (Å²) in [5.41, 5.74) is 5.63. The highest BCUT2D eigenvalue weighted by Crippen LogP contribution is 2.17. The van der Waals surface area contributed by atoms with Crippen molar-refractivity contribution in [2.45, 2.75) is 37.9 Å². The van der Waals surface area contributed by atoms with Crippen LogP contribution in [0.5, 0.6) is 0 Å². The Hall–Kier alpha value is -1.36. The van der Waals surface area contributed by atoms with Gasteiger partial charge in [0.2, 0.25) is 5.91 Å². The zero-order chi connectivity index (χ0) is 10.7. The van der Waals surface area contributed by atoms with Crippen LogP contribution >= 0.6 is 0 Å². The lowest BCUT2D eigenvalue weighted by Crippen LogP contribution is -2.50. The summed E-state index contributed by atoms with van der Waals surface area (Å²) in [5.74, 6) is 0.0978. The van der Waals surface area contributed by atoms with Crippen molar-refractivity contribution >= 4 is 5.91 Å². The summed E-state index contributed by atoms with van der Waals surface area (Å²) >= 11 is 0. The first-order chi connectivity index (χ1) is 7.24. The van der Waals surface area contributed by atoms with Gasteiger partial charge in [0.15, 0.2) is 0 Å². The van der Waals surface area contributed by atoms with Gasteiger partial charge in [0.25, 0.3) is 0 Å². The molecule has 5 heteroatoms. The molecule has 2 rings (SSSR count). The molecule has 5 nitrogen and oxygen atoms in total. The van der Waals surface area contributed by atoms with Gasteiger partial charge in [0.05, 0.1) is 6.33 Å². The molecule has 1 aliphatic rings. The number of rotatable bonds is 4. The quantitative estimate of drug-likeness (QED) is 0.724. The van der Waals surface area contributed by atoms with Gasteiger partial charge in [0, 0.05) is 37.4 Å². The van der Waals surface area contributed by atoms with E-state index in [0.29, 0.717) is 19.0 Å². The van der Waals surface area contributed by atoms with Crippen LogP contribution in [0.15, 0.2) is 18.7 Å². The fraction of sp³-hybridized carbons (Fsp3) is 0.600. The Bertz CT molecular complexity index is 316. The van der Waals surface area contributed by atoms with E-state index in [9.17, 15) is 4.79 Å². The molecule has 0 spiro atoms. The Kier molecular flexibility index (Phi) is 3.01. The normalized spacial score (nSPS) is 24.6. The molecule has 1 aromatic rings. The van der Waals surface area contributed by atoms with Crippen LogP contribution in [0.1, 0.15) is 19.3 Å². The molecule has 0 aliphatic heterocycles. The lowest BCUT2D eigenvalue weighted by atomic mass is 9.87. The average molecular weight is 208 g/mol. The molecule has 1 aromatic heterocycles. The maximum atomic E-state index is 11.5. The second-order valence-corrected chi connectivity index (χ2v) is 4.05. The maximum Gasteiger partial charge on any atom is 0.222 e. The van der Waals surface area contributed by atoms with Gasteiger partial charge < -0.3 is 15.6 Å². The van der Waals surface area contributed by atoms with E-state index in [1.54, 1.807) is 12.5 Å². The van der Waals surface area contributed by atoms with Gasteiger partial charge in [-0.2, -0.15) is 0 Å². The third kappa shape index (κ3) is 2.79. The van der Waals surface area contributed by atoms with Crippen LogP contribution in [0.25, 0.3) is 0 Å². The number of imidazole rings is 1. The minimum absolute atomic E-state index is 0.0978. The largest absolute Gasteiger partial charge is 0.353 e. The van der Waals surface area contributed by atoms with Gasteiger partial charge in [-0.15, -0.1) is 0 Å². The molecule has 0 unspecified atom stereocenters. The van der Waals surface area contributed by atoms with E-state index in [-0.39, 0.29) is 11.9 Å². The Morgan fingerprint density at radius 1 is 1.60 bits per heavy atom. The number of amides is 1. The van der Waals surface area contributed by atoms with Gasteiger partial charge >= 0.3 is 0 Å². The molecule has 0 saturated heterocycles. The highest BCUT2D eigenvalue weighted by Gasteiger charge is 2.26. The summed E-state index contributed by atoms with van der Waals surface area (Å²) in [5, 5.41) is 2.96. The molecule has 0 aromatic carbocycles. The second kappa shape index (κ2) is 4.44. The zero-order valence-corrected chi connectivity index (χ0v) is 8.60. The van der Waals surface area contributed by atoms with Crippen molar-refractivity contribution in [3.8, 4) is 0 Å². The third-order valence-electron chi connectivity index (χ3n) is 2.70. The number of aryl methyl sites for hydroxylation is 1. The fourth-order valence-electron chi connectivity index (χ4n) is 1.73. The van der Waals surface area contributed by atoms with Crippen molar-refractivity contribution in [1.82, 2.24) is 14.9 Å². The number of nitrogens with two attached hydrogens (primary N) is 1. The topological polar surface area (TPSA) is 72.9 Å². The Morgan fingerprint density at radius 3 is 3.00 bits per heavy atom. The first-order valence-electron chi connectivity index (χ1n) is 5.25. The second-order valence-electron chi connectivity index (χ2n) is 4.05.